The predicted molar refractivity (Wildman–Crippen MR) is 112 cm³/mol. The summed E-state index contributed by atoms with van der Waals surface area (Å²) >= 11 is 0. The van der Waals surface area contributed by atoms with Crippen molar-refractivity contribution in [1.29, 1.82) is 0 Å². The van der Waals surface area contributed by atoms with E-state index in [0.717, 1.165) is 38.5 Å². The molecule has 2 N–H and O–H groups in total. The molecule has 0 radical (unpaired) electrons. The smallest absolute Gasteiger partial charge is 0.411 e. The second-order valence-corrected chi connectivity index (χ2v) is 10.1. The maximum atomic E-state index is 12.2. The highest BCUT2D eigenvalue weighted by Crippen LogP contribution is 2.42. The minimum absolute atomic E-state index is 0.280. The van der Waals surface area contributed by atoms with Crippen LogP contribution in [0.15, 0.2) is 23.9 Å². The maximum Gasteiger partial charge on any atom is 0.411 e. The minimum Gasteiger partial charge on any atom is -0.465 e. The largest absolute Gasteiger partial charge is 0.465 e. The van der Waals surface area contributed by atoms with Crippen LogP contribution in [0.3, 0.4) is 0 Å². The molecule has 2 saturated carbocycles. The lowest BCUT2D eigenvalue weighted by Crippen LogP contribution is -2.52. The molecule has 0 spiro atoms. The lowest BCUT2D eigenvalue weighted by atomic mass is 9.84. The van der Waals surface area contributed by atoms with E-state index < -0.39 is 17.7 Å². The molecule has 31 heavy (non-hydrogen) atoms. The Balaban J connectivity index is 1.27. The van der Waals surface area contributed by atoms with Crippen LogP contribution >= 0.6 is 0 Å². The van der Waals surface area contributed by atoms with Crippen molar-refractivity contribution in [3.8, 4) is 0 Å². The fourth-order valence-electron chi connectivity index (χ4n) is 5.87. The summed E-state index contributed by atoms with van der Waals surface area (Å²) in [5, 5.41) is 20.0. The molecular formula is C23H32N2O6. The summed E-state index contributed by atoms with van der Waals surface area (Å²) in [6, 6.07) is 0. The Kier molecular flexibility index (Phi) is 5.25. The molecule has 4 fully saturated rings. The first-order valence-corrected chi connectivity index (χ1v) is 11.5. The summed E-state index contributed by atoms with van der Waals surface area (Å²) in [6.45, 7) is 2.78. The van der Waals surface area contributed by atoms with E-state index in [4.69, 9.17) is 9.47 Å². The number of hydrogen-bond acceptors (Lipinski definition) is 4. The normalized spacial score (nSPS) is 40.2. The SMILES string of the molecule is CC1(N(CC2CCC3OC3C2)C(=O)O)C=CC=C(N(CC2CCC3OC3C2)C(=O)O)C1. The lowest BCUT2D eigenvalue weighted by Gasteiger charge is -2.43. The van der Waals surface area contributed by atoms with Gasteiger partial charge in [-0.05, 0) is 63.4 Å². The van der Waals surface area contributed by atoms with Crippen LogP contribution in [0.5, 0.6) is 0 Å². The Morgan fingerprint density at radius 2 is 1.58 bits per heavy atom. The number of nitrogens with zero attached hydrogens (tertiary/aromatic N) is 2. The zero-order chi connectivity index (χ0) is 21.8. The zero-order valence-corrected chi connectivity index (χ0v) is 18.0. The molecule has 3 aliphatic carbocycles. The second-order valence-electron chi connectivity index (χ2n) is 10.1. The first kappa shape index (κ1) is 20.8. The summed E-state index contributed by atoms with van der Waals surface area (Å²) < 4.78 is 11.2. The van der Waals surface area contributed by atoms with E-state index >= 15 is 0 Å². The molecule has 8 heteroatoms. The van der Waals surface area contributed by atoms with E-state index in [1.165, 1.54) is 9.80 Å². The standard InChI is InChI=1S/C23H32N2O6/c1-23(25(22(28)29)13-15-5-7-18-20(10-15)31-18)8-2-3-16(11-23)24(21(26)27)12-14-4-6-17-19(9-14)30-17/h2-3,8,14-15,17-20H,4-7,9-13H2,1H3,(H,26,27)(H,28,29). The van der Waals surface area contributed by atoms with E-state index in [-0.39, 0.29) is 11.8 Å². The molecule has 7 atom stereocenters. The summed E-state index contributed by atoms with van der Waals surface area (Å²) in [6.07, 6.45) is 11.1. The molecule has 2 amide bonds. The molecule has 2 heterocycles. The molecule has 2 aliphatic heterocycles. The third-order valence-electron chi connectivity index (χ3n) is 7.82. The van der Waals surface area contributed by atoms with Gasteiger partial charge in [0.1, 0.15) is 0 Å². The number of carboxylic acid groups (broad SMARTS) is 2. The molecule has 5 rings (SSSR count). The fourth-order valence-corrected chi connectivity index (χ4v) is 5.87. The first-order valence-electron chi connectivity index (χ1n) is 11.5. The van der Waals surface area contributed by atoms with E-state index in [1.807, 2.05) is 25.2 Å². The number of ether oxygens (including phenoxy) is 2. The summed E-state index contributed by atoms with van der Waals surface area (Å²) in [5.74, 6) is 0.561. The number of epoxide rings is 2. The van der Waals surface area contributed by atoms with E-state index in [9.17, 15) is 19.8 Å². The van der Waals surface area contributed by atoms with Gasteiger partial charge in [-0.25, -0.2) is 9.59 Å². The van der Waals surface area contributed by atoms with Gasteiger partial charge < -0.3 is 19.7 Å². The molecule has 0 aromatic rings. The van der Waals surface area contributed by atoms with E-state index in [1.54, 1.807) is 0 Å². The quantitative estimate of drug-likeness (QED) is 0.620. The zero-order valence-electron chi connectivity index (χ0n) is 18.0. The highest BCUT2D eigenvalue weighted by molar-refractivity contribution is 5.69. The van der Waals surface area contributed by atoms with Crippen LogP contribution < -0.4 is 0 Å². The van der Waals surface area contributed by atoms with Crippen molar-refractivity contribution in [2.24, 2.45) is 11.8 Å². The molecule has 8 nitrogen and oxygen atoms in total. The van der Waals surface area contributed by atoms with Gasteiger partial charge in [-0.2, -0.15) is 0 Å². The van der Waals surface area contributed by atoms with Gasteiger partial charge in [0, 0.05) is 25.2 Å². The third kappa shape index (κ3) is 4.32. The number of fused-ring (bicyclic) bond motifs is 2. The number of carbonyl (C=O) groups is 2. The van der Waals surface area contributed by atoms with Crippen molar-refractivity contribution >= 4 is 12.2 Å². The van der Waals surface area contributed by atoms with Crippen LogP contribution in [-0.4, -0.2) is 75.2 Å². The van der Waals surface area contributed by atoms with Gasteiger partial charge >= 0.3 is 12.2 Å². The number of allylic oxidation sites excluding steroid dienone is 2. The van der Waals surface area contributed by atoms with Crippen molar-refractivity contribution in [2.45, 2.75) is 81.8 Å². The molecule has 170 valence electrons. The number of amides is 2. The van der Waals surface area contributed by atoms with Crippen LogP contribution in [0.2, 0.25) is 0 Å². The molecule has 0 aromatic carbocycles. The first-order chi connectivity index (χ1) is 14.8. The molecular weight excluding hydrogens is 400 g/mol. The van der Waals surface area contributed by atoms with Gasteiger partial charge in [0.2, 0.25) is 0 Å². The van der Waals surface area contributed by atoms with Crippen LogP contribution in [0, 0.1) is 11.8 Å². The summed E-state index contributed by atoms with van der Waals surface area (Å²) in [7, 11) is 0. The summed E-state index contributed by atoms with van der Waals surface area (Å²) in [4.78, 5) is 27.3. The van der Waals surface area contributed by atoms with Crippen LogP contribution in [0.1, 0.15) is 51.9 Å². The van der Waals surface area contributed by atoms with E-state index in [0.29, 0.717) is 49.6 Å². The molecule has 7 unspecified atom stereocenters. The predicted octanol–water partition coefficient (Wildman–Crippen LogP) is 3.68. The topological polar surface area (TPSA) is 106 Å². The highest BCUT2D eigenvalue weighted by atomic mass is 16.6. The van der Waals surface area contributed by atoms with Gasteiger partial charge in [0.25, 0.3) is 0 Å². The monoisotopic (exact) mass is 432 g/mol. The van der Waals surface area contributed by atoms with Gasteiger partial charge in [-0.15, -0.1) is 0 Å². The van der Waals surface area contributed by atoms with Crippen molar-refractivity contribution in [3.63, 3.8) is 0 Å². The van der Waals surface area contributed by atoms with Crippen molar-refractivity contribution in [2.75, 3.05) is 13.1 Å². The average molecular weight is 433 g/mol. The summed E-state index contributed by atoms with van der Waals surface area (Å²) in [5.41, 5.74) is -0.112. The van der Waals surface area contributed by atoms with Crippen LogP contribution in [0.25, 0.3) is 0 Å². The minimum atomic E-state index is -0.978. The molecule has 2 saturated heterocycles. The van der Waals surface area contributed by atoms with Crippen molar-refractivity contribution in [3.05, 3.63) is 23.9 Å². The number of hydrogen-bond donors (Lipinski definition) is 2. The van der Waals surface area contributed by atoms with Crippen LogP contribution in [0.4, 0.5) is 9.59 Å². The Labute approximate surface area is 182 Å². The number of rotatable bonds is 6. The average Bonchev–Trinajstić information content (AvgIpc) is 3.63. The Morgan fingerprint density at radius 1 is 0.968 bits per heavy atom. The van der Waals surface area contributed by atoms with E-state index in [2.05, 4.69) is 0 Å². The van der Waals surface area contributed by atoms with Gasteiger partial charge in [-0.3, -0.25) is 9.80 Å². The maximum absolute atomic E-state index is 12.2. The fraction of sp³-hybridized carbons (Fsp3) is 0.739. The highest BCUT2D eigenvalue weighted by Gasteiger charge is 2.47. The molecule has 0 aromatic heterocycles. The second kappa shape index (κ2) is 7.81. The van der Waals surface area contributed by atoms with Crippen LogP contribution in [-0.2, 0) is 9.47 Å². The third-order valence-corrected chi connectivity index (χ3v) is 7.82. The molecule has 5 aliphatic rings. The molecule has 0 bridgehead atoms. The van der Waals surface area contributed by atoms with Crippen molar-refractivity contribution < 1.29 is 29.3 Å². The Bertz CT molecular complexity index is 812. The van der Waals surface area contributed by atoms with Gasteiger partial charge in [0.15, 0.2) is 0 Å². The van der Waals surface area contributed by atoms with Gasteiger partial charge in [0.05, 0.1) is 30.0 Å². The Morgan fingerprint density at radius 3 is 2.13 bits per heavy atom. The van der Waals surface area contributed by atoms with Gasteiger partial charge in [-0.1, -0.05) is 12.2 Å². The Hall–Kier alpha value is -2.06. The van der Waals surface area contributed by atoms with Crippen molar-refractivity contribution in [1.82, 2.24) is 9.80 Å². The lowest BCUT2D eigenvalue weighted by molar-refractivity contribution is 0.0826.